The second kappa shape index (κ2) is 42.1. The van der Waals surface area contributed by atoms with Crippen LogP contribution in [0.2, 0.25) is 0 Å². The number of hydrogen-bond acceptors (Lipinski definition) is 9. The van der Waals surface area contributed by atoms with Crippen molar-refractivity contribution in [3.8, 4) is 0 Å². The van der Waals surface area contributed by atoms with Crippen molar-refractivity contribution in [2.45, 2.75) is 206 Å². The standard InChI is InChI=1S/C46H83O10P/c1-3-5-7-9-11-13-15-17-19-20-21-22-24-26-28-30-32-34-36-38-46(50)56-44(42-55-57(51,52)54-40-43(48)39-47)41-53-45(49)37-35-33-31-29-27-25-23-18-16-14-12-10-8-6-4-2/h11,13,17,19,21-22,26,28,43-44,47-48H,3-10,12,14-16,18,20,23-25,27,29-42H2,1-2H3,(H,51,52)/b13-11+,19-17+,22-21+,28-26+/t43-,44+/m0/s1. The van der Waals surface area contributed by atoms with Crippen LogP contribution in [0.15, 0.2) is 48.6 Å². The van der Waals surface area contributed by atoms with Gasteiger partial charge < -0.3 is 24.6 Å². The molecule has 0 bridgehead atoms. The monoisotopic (exact) mass is 827 g/mol. The topological polar surface area (TPSA) is 149 Å². The first-order valence-electron chi connectivity index (χ1n) is 22.6. The second-order valence-electron chi connectivity index (χ2n) is 15.1. The number of rotatable bonds is 42. The molecule has 0 aromatic heterocycles. The van der Waals surface area contributed by atoms with Gasteiger partial charge in [0.1, 0.15) is 12.7 Å². The summed E-state index contributed by atoms with van der Waals surface area (Å²) in [7, 11) is -4.63. The van der Waals surface area contributed by atoms with E-state index < -0.39 is 51.8 Å². The van der Waals surface area contributed by atoms with Gasteiger partial charge in [0, 0.05) is 12.8 Å². The summed E-state index contributed by atoms with van der Waals surface area (Å²) in [6.45, 7) is 2.33. The Morgan fingerprint density at radius 2 is 0.912 bits per heavy atom. The molecule has 57 heavy (non-hydrogen) atoms. The van der Waals surface area contributed by atoms with E-state index in [1.54, 1.807) is 0 Å². The first-order valence-corrected chi connectivity index (χ1v) is 24.1. The zero-order chi connectivity index (χ0) is 41.9. The minimum atomic E-state index is -4.63. The molecule has 0 aliphatic carbocycles. The number of carbonyl (C=O) groups is 2. The highest BCUT2D eigenvalue weighted by Crippen LogP contribution is 2.43. The van der Waals surface area contributed by atoms with Crippen molar-refractivity contribution in [2.75, 3.05) is 26.4 Å². The molecule has 1 unspecified atom stereocenters. The summed E-state index contributed by atoms with van der Waals surface area (Å²) in [5.41, 5.74) is 0. The molecule has 0 amide bonds. The molecule has 0 aliphatic rings. The number of ether oxygens (including phenoxy) is 2. The molecule has 0 aromatic rings. The lowest BCUT2D eigenvalue weighted by molar-refractivity contribution is -0.161. The Morgan fingerprint density at radius 1 is 0.526 bits per heavy atom. The summed E-state index contributed by atoms with van der Waals surface area (Å²) in [4.78, 5) is 35.0. The third kappa shape index (κ3) is 41.9. The van der Waals surface area contributed by atoms with Crippen LogP contribution in [0.4, 0.5) is 0 Å². The predicted molar refractivity (Wildman–Crippen MR) is 233 cm³/mol. The Morgan fingerprint density at radius 3 is 1.40 bits per heavy atom. The normalized spacial score (nSPS) is 14.3. The van der Waals surface area contributed by atoms with Crippen LogP contribution in [0.25, 0.3) is 0 Å². The van der Waals surface area contributed by atoms with Gasteiger partial charge in [0.05, 0.1) is 19.8 Å². The maximum absolute atomic E-state index is 12.6. The molecule has 0 aromatic carbocycles. The molecule has 11 heteroatoms. The number of aliphatic hydroxyl groups is 2. The van der Waals surface area contributed by atoms with Crippen molar-refractivity contribution < 1.29 is 47.8 Å². The Balaban J connectivity index is 4.34. The molecule has 0 heterocycles. The number of phosphoric acid groups is 1. The molecule has 0 saturated heterocycles. The molecular formula is C46H83O10P. The second-order valence-corrected chi connectivity index (χ2v) is 16.5. The van der Waals surface area contributed by atoms with E-state index in [0.29, 0.717) is 12.8 Å². The van der Waals surface area contributed by atoms with Gasteiger partial charge in [0.2, 0.25) is 0 Å². The number of allylic oxidation sites excluding steroid dienone is 8. The van der Waals surface area contributed by atoms with Crippen LogP contribution in [0, 0.1) is 0 Å². The summed E-state index contributed by atoms with van der Waals surface area (Å²) in [5.74, 6) is -0.957. The van der Waals surface area contributed by atoms with E-state index in [1.165, 1.54) is 96.3 Å². The fourth-order valence-corrected chi connectivity index (χ4v) is 6.77. The molecule has 0 fully saturated rings. The van der Waals surface area contributed by atoms with Crippen molar-refractivity contribution >= 4 is 19.8 Å². The number of unbranched alkanes of at least 4 members (excludes halogenated alkanes) is 20. The number of phosphoric ester groups is 1. The lowest BCUT2D eigenvalue weighted by Gasteiger charge is -2.20. The van der Waals surface area contributed by atoms with Crippen LogP contribution < -0.4 is 0 Å². The van der Waals surface area contributed by atoms with Gasteiger partial charge in [0.15, 0.2) is 6.10 Å². The quantitative estimate of drug-likeness (QED) is 0.0235. The van der Waals surface area contributed by atoms with Crippen LogP contribution in [0.1, 0.15) is 194 Å². The fourth-order valence-electron chi connectivity index (χ4n) is 5.98. The summed E-state index contributed by atoms with van der Waals surface area (Å²) in [5, 5.41) is 18.3. The van der Waals surface area contributed by atoms with Gasteiger partial charge >= 0.3 is 19.8 Å². The maximum Gasteiger partial charge on any atom is 0.472 e. The summed E-state index contributed by atoms with van der Waals surface area (Å²) < 4.78 is 32.7. The number of esters is 2. The van der Waals surface area contributed by atoms with E-state index in [-0.39, 0.29) is 19.4 Å². The zero-order valence-corrected chi connectivity index (χ0v) is 36.9. The fraction of sp³-hybridized carbons (Fsp3) is 0.783. The molecule has 10 nitrogen and oxygen atoms in total. The van der Waals surface area contributed by atoms with Crippen molar-refractivity contribution in [1.82, 2.24) is 0 Å². The third-order valence-electron chi connectivity index (χ3n) is 9.49. The molecule has 0 rings (SSSR count). The van der Waals surface area contributed by atoms with E-state index in [1.807, 2.05) is 0 Å². The van der Waals surface area contributed by atoms with E-state index in [9.17, 15) is 24.2 Å². The first-order chi connectivity index (χ1) is 27.7. The Bertz CT molecular complexity index is 1090. The van der Waals surface area contributed by atoms with Gasteiger partial charge in [-0.3, -0.25) is 18.6 Å². The van der Waals surface area contributed by atoms with Crippen LogP contribution >= 0.6 is 7.82 Å². The highest BCUT2D eigenvalue weighted by atomic mass is 31.2. The maximum atomic E-state index is 12.6. The van der Waals surface area contributed by atoms with Crippen LogP contribution in [0.5, 0.6) is 0 Å². The summed E-state index contributed by atoms with van der Waals surface area (Å²) in [6.07, 6.45) is 45.0. The van der Waals surface area contributed by atoms with E-state index >= 15 is 0 Å². The van der Waals surface area contributed by atoms with Gasteiger partial charge in [-0.25, -0.2) is 4.57 Å². The summed E-state index contributed by atoms with van der Waals surface area (Å²) in [6, 6.07) is 0. The molecule has 0 spiro atoms. The van der Waals surface area contributed by atoms with Crippen molar-refractivity contribution in [1.29, 1.82) is 0 Å². The number of carbonyl (C=O) groups excluding carboxylic acids is 2. The van der Waals surface area contributed by atoms with Gasteiger partial charge in [-0.2, -0.15) is 0 Å². The van der Waals surface area contributed by atoms with Gasteiger partial charge in [0.25, 0.3) is 0 Å². The minimum Gasteiger partial charge on any atom is -0.462 e. The predicted octanol–water partition coefficient (Wildman–Crippen LogP) is 12.1. The lowest BCUT2D eigenvalue weighted by Crippen LogP contribution is -2.29. The van der Waals surface area contributed by atoms with E-state index in [4.69, 9.17) is 19.1 Å². The number of hydrogen-bond donors (Lipinski definition) is 3. The summed E-state index contributed by atoms with van der Waals surface area (Å²) >= 11 is 0. The van der Waals surface area contributed by atoms with Crippen molar-refractivity contribution in [3.05, 3.63) is 48.6 Å². The average Bonchev–Trinajstić information content (AvgIpc) is 3.20. The highest BCUT2D eigenvalue weighted by Gasteiger charge is 2.27. The van der Waals surface area contributed by atoms with Crippen molar-refractivity contribution in [3.63, 3.8) is 0 Å². The van der Waals surface area contributed by atoms with Gasteiger partial charge in [-0.1, -0.05) is 172 Å². The Kier molecular flexibility index (Phi) is 40.5. The zero-order valence-electron chi connectivity index (χ0n) is 36.0. The Labute approximate surface area is 347 Å². The van der Waals surface area contributed by atoms with Crippen molar-refractivity contribution in [2.24, 2.45) is 0 Å². The highest BCUT2D eigenvalue weighted by molar-refractivity contribution is 7.47. The van der Waals surface area contributed by atoms with Gasteiger partial charge in [-0.05, 0) is 57.8 Å². The Hall–Kier alpha value is -2.07. The molecule has 3 atom stereocenters. The van der Waals surface area contributed by atoms with Crippen LogP contribution in [-0.4, -0.2) is 65.7 Å². The molecule has 0 radical (unpaired) electrons. The molecule has 332 valence electrons. The molecule has 0 saturated carbocycles. The smallest absolute Gasteiger partial charge is 0.462 e. The van der Waals surface area contributed by atoms with Crippen LogP contribution in [-0.2, 0) is 32.7 Å². The van der Waals surface area contributed by atoms with E-state index in [2.05, 4.69) is 67.0 Å². The average molecular weight is 827 g/mol. The van der Waals surface area contributed by atoms with Gasteiger partial charge in [-0.15, -0.1) is 0 Å². The minimum absolute atomic E-state index is 0.147. The molecule has 3 N–H and O–H groups in total. The largest absolute Gasteiger partial charge is 0.472 e. The lowest BCUT2D eigenvalue weighted by atomic mass is 10.0. The van der Waals surface area contributed by atoms with E-state index in [0.717, 1.165) is 57.8 Å². The van der Waals surface area contributed by atoms with Crippen LogP contribution in [0.3, 0.4) is 0 Å². The number of aliphatic hydroxyl groups excluding tert-OH is 2. The first kappa shape index (κ1) is 54.9. The molecular weight excluding hydrogens is 743 g/mol. The molecule has 0 aliphatic heterocycles. The third-order valence-corrected chi connectivity index (χ3v) is 10.4. The SMILES string of the molecule is CCCCC/C=C/C/C=C/C/C=C/C/C=C/CCCCCC(=O)O[C@H](COC(=O)CCCCCCCCCCCCCCCCC)COP(=O)(O)OC[C@@H](O)CO.